The number of benzene rings is 1. The molecular weight excluding hydrogens is 402 g/mol. The average molecular weight is 428 g/mol. The number of fused-ring (bicyclic) bond motifs is 1. The molecule has 0 radical (unpaired) electrons. The molecule has 1 aliphatic heterocycles. The van der Waals surface area contributed by atoms with Gasteiger partial charge >= 0.3 is 0 Å². The van der Waals surface area contributed by atoms with Crippen molar-refractivity contribution in [2.24, 2.45) is 0 Å². The number of hydrogen-bond acceptors (Lipinski definition) is 6. The van der Waals surface area contributed by atoms with Crippen molar-refractivity contribution in [2.75, 3.05) is 18.5 Å². The van der Waals surface area contributed by atoms with Crippen LogP contribution in [0.15, 0.2) is 41.1 Å². The maximum Gasteiger partial charge on any atom is 0.257 e. The van der Waals surface area contributed by atoms with Gasteiger partial charge in [-0.1, -0.05) is 31.1 Å². The molecule has 1 unspecified atom stereocenters. The van der Waals surface area contributed by atoms with E-state index in [0.717, 1.165) is 29.5 Å². The van der Waals surface area contributed by atoms with Crippen molar-refractivity contribution in [3.05, 3.63) is 53.3 Å². The van der Waals surface area contributed by atoms with Gasteiger partial charge in [0.05, 0.1) is 16.6 Å². The van der Waals surface area contributed by atoms with E-state index in [2.05, 4.69) is 15.5 Å². The van der Waals surface area contributed by atoms with Gasteiger partial charge in [0.15, 0.2) is 0 Å². The Morgan fingerprint density at radius 1 is 1.27 bits per heavy atom. The van der Waals surface area contributed by atoms with Gasteiger partial charge in [-0.3, -0.25) is 9.00 Å². The molecule has 0 spiro atoms. The largest absolute Gasteiger partial charge is 0.381 e. The number of aromatic nitrogens is 2. The predicted molar refractivity (Wildman–Crippen MR) is 116 cm³/mol. The molecule has 1 N–H and O–H groups in total. The molecule has 1 atom stereocenters. The SMILES string of the molecule is CC(C)c1noc2ncc(C(=O)Nc3cccc(CS(=O)C4CCOCC4)c3)cc12. The lowest BCUT2D eigenvalue weighted by Gasteiger charge is -2.21. The first-order valence-corrected chi connectivity index (χ1v) is 11.5. The van der Waals surface area contributed by atoms with Crippen LogP contribution >= 0.6 is 0 Å². The van der Waals surface area contributed by atoms with Gasteiger partial charge in [0.25, 0.3) is 11.6 Å². The summed E-state index contributed by atoms with van der Waals surface area (Å²) < 4.78 is 23.2. The van der Waals surface area contributed by atoms with Crippen molar-refractivity contribution >= 4 is 33.5 Å². The fourth-order valence-electron chi connectivity index (χ4n) is 3.55. The molecule has 8 heteroatoms. The maximum atomic E-state index is 12.8. The minimum Gasteiger partial charge on any atom is -0.381 e. The molecule has 3 heterocycles. The lowest BCUT2D eigenvalue weighted by atomic mass is 10.1. The van der Waals surface area contributed by atoms with E-state index in [9.17, 15) is 9.00 Å². The van der Waals surface area contributed by atoms with Crippen LogP contribution in [-0.4, -0.2) is 38.7 Å². The Morgan fingerprint density at radius 2 is 2.07 bits per heavy atom. The van der Waals surface area contributed by atoms with E-state index in [1.807, 2.05) is 38.1 Å². The molecule has 0 bridgehead atoms. The van der Waals surface area contributed by atoms with Gasteiger partial charge in [0.2, 0.25) is 0 Å². The predicted octanol–water partition coefficient (Wildman–Crippen LogP) is 4.03. The van der Waals surface area contributed by atoms with Crippen molar-refractivity contribution in [3.63, 3.8) is 0 Å². The van der Waals surface area contributed by atoms with Crippen LogP contribution in [0.3, 0.4) is 0 Å². The zero-order valence-electron chi connectivity index (χ0n) is 17.1. The Balaban J connectivity index is 1.47. The van der Waals surface area contributed by atoms with Crippen LogP contribution < -0.4 is 5.32 Å². The first-order chi connectivity index (χ1) is 14.5. The quantitative estimate of drug-likeness (QED) is 0.638. The van der Waals surface area contributed by atoms with Crippen molar-refractivity contribution in [1.29, 1.82) is 0 Å². The van der Waals surface area contributed by atoms with Crippen LogP contribution in [0.25, 0.3) is 11.1 Å². The second kappa shape index (κ2) is 9.06. The number of amides is 1. The smallest absolute Gasteiger partial charge is 0.257 e. The van der Waals surface area contributed by atoms with Gasteiger partial charge in [0, 0.05) is 46.9 Å². The molecule has 1 amide bonds. The van der Waals surface area contributed by atoms with Crippen LogP contribution in [0, 0.1) is 0 Å². The van der Waals surface area contributed by atoms with E-state index < -0.39 is 10.8 Å². The van der Waals surface area contributed by atoms with Crippen LogP contribution in [-0.2, 0) is 21.3 Å². The Labute approximate surface area is 177 Å². The van der Waals surface area contributed by atoms with Gasteiger partial charge in [-0.25, -0.2) is 4.98 Å². The summed E-state index contributed by atoms with van der Waals surface area (Å²) in [7, 11) is -0.953. The molecule has 0 saturated carbocycles. The zero-order chi connectivity index (χ0) is 21.1. The summed E-state index contributed by atoms with van der Waals surface area (Å²) in [4.78, 5) is 17.0. The second-order valence-corrected chi connectivity index (χ2v) is 9.51. The molecule has 1 aliphatic rings. The van der Waals surface area contributed by atoms with E-state index in [-0.39, 0.29) is 17.1 Å². The topological polar surface area (TPSA) is 94.3 Å². The molecule has 1 saturated heterocycles. The highest BCUT2D eigenvalue weighted by molar-refractivity contribution is 7.84. The number of anilines is 1. The van der Waals surface area contributed by atoms with Gasteiger partial charge in [-0.15, -0.1) is 0 Å². The van der Waals surface area contributed by atoms with E-state index in [4.69, 9.17) is 9.26 Å². The number of pyridine rings is 1. The van der Waals surface area contributed by atoms with Crippen LogP contribution in [0.1, 0.15) is 54.2 Å². The summed E-state index contributed by atoms with van der Waals surface area (Å²) in [5.74, 6) is 0.378. The number of carbonyl (C=O) groups is 1. The van der Waals surface area contributed by atoms with E-state index >= 15 is 0 Å². The lowest BCUT2D eigenvalue weighted by molar-refractivity contribution is 0.0991. The number of carbonyl (C=O) groups excluding carboxylic acids is 1. The number of hydrogen-bond donors (Lipinski definition) is 1. The Hall–Kier alpha value is -2.58. The van der Waals surface area contributed by atoms with Gasteiger partial charge < -0.3 is 14.6 Å². The normalized spacial score (nSPS) is 16.1. The molecule has 30 heavy (non-hydrogen) atoms. The van der Waals surface area contributed by atoms with E-state index in [1.165, 1.54) is 6.20 Å². The Morgan fingerprint density at radius 3 is 2.83 bits per heavy atom. The molecule has 7 nitrogen and oxygen atoms in total. The highest BCUT2D eigenvalue weighted by Crippen LogP contribution is 2.25. The summed E-state index contributed by atoms with van der Waals surface area (Å²) in [5, 5.41) is 7.88. The van der Waals surface area contributed by atoms with Crippen LogP contribution in [0.5, 0.6) is 0 Å². The summed E-state index contributed by atoms with van der Waals surface area (Å²) in [6, 6.07) is 9.26. The Kier molecular flexibility index (Phi) is 6.24. The number of nitrogens with one attached hydrogen (secondary N) is 1. The van der Waals surface area contributed by atoms with Gasteiger partial charge in [-0.05, 0) is 42.5 Å². The summed E-state index contributed by atoms with van der Waals surface area (Å²) in [6.45, 7) is 5.38. The summed E-state index contributed by atoms with van der Waals surface area (Å²) in [5.41, 5.74) is 3.24. The highest BCUT2D eigenvalue weighted by atomic mass is 32.2. The lowest BCUT2D eigenvalue weighted by Crippen LogP contribution is -2.25. The van der Waals surface area contributed by atoms with Crippen molar-refractivity contribution in [1.82, 2.24) is 10.1 Å². The van der Waals surface area contributed by atoms with E-state index in [1.54, 1.807) is 6.07 Å². The second-order valence-electron chi connectivity index (χ2n) is 7.79. The molecular formula is C22H25N3O4S. The Bertz CT molecular complexity index is 1070. The molecule has 158 valence electrons. The summed E-state index contributed by atoms with van der Waals surface area (Å²) >= 11 is 0. The summed E-state index contributed by atoms with van der Waals surface area (Å²) in [6.07, 6.45) is 3.15. The third-order valence-electron chi connectivity index (χ3n) is 5.20. The monoisotopic (exact) mass is 427 g/mol. The maximum absolute atomic E-state index is 12.8. The minimum absolute atomic E-state index is 0.166. The van der Waals surface area contributed by atoms with Gasteiger partial charge in [0.1, 0.15) is 0 Å². The molecule has 1 aromatic carbocycles. The third-order valence-corrected chi connectivity index (χ3v) is 7.03. The van der Waals surface area contributed by atoms with Crippen LogP contribution in [0.4, 0.5) is 5.69 Å². The molecule has 0 aliphatic carbocycles. The van der Waals surface area contributed by atoms with Crippen LogP contribution in [0.2, 0.25) is 0 Å². The first-order valence-electron chi connectivity index (χ1n) is 10.1. The number of rotatable bonds is 6. The fourth-order valence-corrected chi connectivity index (χ4v) is 5.02. The number of nitrogens with zero attached hydrogens (tertiary/aromatic N) is 2. The molecule has 4 rings (SSSR count). The molecule has 3 aromatic rings. The van der Waals surface area contributed by atoms with E-state index in [0.29, 0.717) is 35.9 Å². The molecule has 1 fully saturated rings. The van der Waals surface area contributed by atoms with Crippen molar-refractivity contribution in [2.45, 2.75) is 43.6 Å². The van der Waals surface area contributed by atoms with Crippen molar-refractivity contribution < 1.29 is 18.3 Å². The van der Waals surface area contributed by atoms with Gasteiger partial charge in [-0.2, -0.15) is 0 Å². The number of ether oxygens (including phenoxy) is 1. The third kappa shape index (κ3) is 4.60. The van der Waals surface area contributed by atoms with Crippen molar-refractivity contribution in [3.8, 4) is 0 Å². The fraction of sp³-hybridized carbons (Fsp3) is 0.409. The minimum atomic E-state index is -0.953. The zero-order valence-corrected chi connectivity index (χ0v) is 17.9. The standard InChI is InChI=1S/C22H25N3O4S/c1-14(2)20-19-11-16(12-23-22(19)29-25-20)21(26)24-17-5-3-4-15(10-17)13-30(27)18-6-8-28-9-7-18/h3-5,10-12,14,18H,6-9,13H2,1-2H3,(H,24,26). The average Bonchev–Trinajstić information content (AvgIpc) is 3.18. The molecule has 2 aromatic heterocycles. The first kappa shape index (κ1) is 20.7. The highest BCUT2D eigenvalue weighted by Gasteiger charge is 2.20.